The van der Waals surface area contributed by atoms with Crippen LogP contribution in [0.25, 0.3) is 11.3 Å². The Kier molecular flexibility index (Phi) is 4.99. The maximum Gasteiger partial charge on any atom is 0.261 e. The van der Waals surface area contributed by atoms with E-state index in [0.717, 1.165) is 6.07 Å². The van der Waals surface area contributed by atoms with Gasteiger partial charge in [-0.15, -0.1) is 0 Å². The summed E-state index contributed by atoms with van der Waals surface area (Å²) in [6, 6.07) is 8.80. The van der Waals surface area contributed by atoms with E-state index >= 15 is 0 Å². The van der Waals surface area contributed by atoms with Crippen LogP contribution >= 0.6 is 34.8 Å². The van der Waals surface area contributed by atoms with Crippen LogP contribution in [0.3, 0.4) is 0 Å². The van der Waals surface area contributed by atoms with Crippen molar-refractivity contribution in [2.24, 2.45) is 0 Å². The van der Waals surface area contributed by atoms with Crippen LogP contribution < -0.4 is 5.32 Å². The Morgan fingerprint density at radius 3 is 2.44 bits per heavy atom. The molecule has 1 heterocycles. The SMILES string of the molecule is Cc1onc(-c2c(Cl)cccc2Cl)c1C(=O)Nc1ccc(F)c(Cl)c1. The molecule has 4 nitrogen and oxygen atoms in total. The van der Waals surface area contributed by atoms with Crippen molar-refractivity contribution in [3.63, 3.8) is 0 Å². The molecule has 0 atom stereocenters. The topological polar surface area (TPSA) is 55.1 Å². The number of nitrogens with zero attached hydrogens (tertiary/aromatic N) is 1. The van der Waals surface area contributed by atoms with E-state index < -0.39 is 11.7 Å². The van der Waals surface area contributed by atoms with Crippen molar-refractivity contribution in [3.05, 3.63) is 68.6 Å². The lowest BCUT2D eigenvalue weighted by molar-refractivity contribution is 0.102. The molecular formula is C17H10Cl3FN2O2. The van der Waals surface area contributed by atoms with Crippen molar-refractivity contribution in [2.45, 2.75) is 6.92 Å². The highest BCUT2D eigenvalue weighted by molar-refractivity contribution is 6.39. The number of benzene rings is 2. The Morgan fingerprint density at radius 2 is 1.80 bits per heavy atom. The summed E-state index contributed by atoms with van der Waals surface area (Å²) in [5.41, 5.74) is 1.12. The molecule has 0 fully saturated rings. The fourth-order valence-corrected chi connectivity index (χ4v) is 3.06. The predicted octanol–water partition coefficient (Wildman–Crippen LogP) is 6.00. The molecule has 0 aliphatic heterocycles. The quantitative estimate of drug-likeness (QED) is 0.587. The number of nitrogens with one attached hydrogen (secondary N) is 1. The zero-order chi connectivity index (χ0) is 18.1. The Labute approximate surface area is 157 Å². The van der Waals surface area contributed by atoms with Gasteiger partial charge in [-0.25, -0.2) is 4.39 Å². The van der Waals surface area contributed by atoms with Crippen molar-refractivity contribution in [3.8, 4) is 11.3 Å². The molecule has 1 N–H and O–H groups in total. The molecule has 0 bridgehead atoms. The predicted molar refractivity (Wildman–Crippen MR) is 96.1 cm³/mol. The average Bonchev–Trinajstić information content (AvgIpc) is 2.92. The van der Waals surface area contributed by atoms with E-state index in [4.69, 9.17) is 39.3 Å². The lowest BCUT2D eigenvalue weighted by Crippen LogP contribution is -2.13. The van der Waals surface area contributed by atoms with E-state index in [-0.39, 0.29) is 22.0 Å². The van der Waals surface area contributed by atoms with Crippen LogP contribution in [0.5, 0.6) is 0 Å². The molecule has 0 saturated carbocycles. The Balaban J connectivity index is 2.02. The Hall–Kier alpha value is -2.08. The van der Waals surface area contributed by atoms with Crippen LogP contribution in [0.15, 0.2) is 40.9 Å². The summed E-state index contributed by atoms with van der Waals surface area (Å²) >= 11 is 18.1. The molecular weight excluding hydrogens is 390 g/mol. The molecule has 3 rings (SSSR count). The summed E-state index contributed by atoms with van der Waals surface area (Å²) in [6.07, 6.45) is 0. The summed E-state index contributed by atoms with van der Waals surface area (Å²) in [4.78, 5) is 12.7. The summed E-state index contributed by atoms with van der Waals surface area (Å²) in [6.45, 7) is 1.59. The lowest BCUT2D eigenvalue weighted by atomic mass is 10.1. The number of carbonyl (C=O) groups is 1. The van der Waals surface area contributed by atoms with Gasteiger partial charge in [-0.2, -0.15) is 0 Å². The number of hydrogen-bond acceptors (Lipinski definition) is 3. The van der Waals surface area contributed by atoms with Crippen molar-refractivity contribution in [1.82, 2.24) is 5.16 Å². The van der Waals surface area contributed by atoms with Crippen molar-refractivity contribution in [1.29, 1.82) is 0 Å². The van der Waals surface area contributed by atoms with Crippen LogP contribution in [-0.2, 0) is 0 Å². The molecule has 128 valence electrons. The first kappa shape index (κ1) is 17.7. The van der Waals surface area contributed by atoms with E-state index in [1.165, 1.54) is 12.1 Å². The first-order valence-corrected chi connectivity index (χ1v) is 8.19. The van der Waals surface area contributed by atoms with E-state index in [1.54, 1.807) is 25.1 Å². The molecule has 2 aromatic carbocycles. The van der Waals surface area contributed by atoms with E-state index in [0.29, 0.717) is 21.3 Å². The van der Waals surface area contributed by atoms with E-state index in [9.17, 15) is 9.18 Å². The number of anilines is 1. The minimum absolute atomic E-state index is 0.103. The monoisotopic (exact) mass is 398 g/mol. The summed E-state index contributed by atoms with van der Waals surface area (Å²) in [7, 11) is 0. The highest BCUT2D eigenvalue weighted by Crippen LogP contribution is 2.37. The number of aryl methyl sites for hydroxylation is 1. The molecule has 0 spiro atoms. The molecule has 0 saturated heterocycles. The molecule has 25 heavy (non-hydrogen) atoms. The minimum Gasteiger partial charge on any atom is -0.360 e. The second kappa shape index (κ2) is 7.04. The number of carbonyl (C=O) groups excluding carboxylic acids is 1. The highest BCUT2D eigenvalue weighted by atomic mass is 35.5. The lowest BCUT2D eigenvalue weighted by Gasteiger charge is -2.08. The van der Waals surface area contributed by atoms with Crippen LogP contribution in [0.2, 0.25) is 15.1 Å². The summed E-state index contributed by atoms with van der Waals surface area (Å²) < 4.78 is 18.4. The molecule has 8 heteroatoms. The Bertz CT molecular complexity index is 952. The smallest absolute Gasteiger partial charge is 0.261 e. The Morgan fingerprint density at radius 1 is 1.12 bits per heavy atom. The zero-order valence-corrected chi connectivity index (χ0v) is 15.0. The van der Waals surface area contributed by atoms with Gasteiger partial charge in [-0.1, -0.05) is 46.0 Å². The molecule has 1 amide bonds. The largest absolute Gasteiger partial charge is 0.360 e. The molecule has 0 aliphatic carbocycles. The van der Waals surface area contributed by atoms with Gasteiger partial charge in [0.15, 0.2) is 0 Å². The van der Waals surface area contributed by atoms with Gasteiger partial charge < -0.3 is 9.84 Å². The van der Waals surface area contributed by atoms with E-state index in [1.807, 2.05) is 0 Å². The summed E-state index contributed by atoms with van der Waals surface area (Å²) in [5, 5.41) is 7.10. The number of hydrogen-bond donors (Lipinski definition) is 1. The fourth-order valence-electron chi connectivity index (χ4n) is 2.30. The second-order valence-electron chi connectivity index (χ2n) is 5.14. The van der Waals surface area contributed by atoms with Gasteiger partial charge in [0.05, 0.1) is 15.1 Å². The maximum absolute atomic E-state index is 13.2. The first-order chi connectivity index (χ1) is 11.9. The van der Waals surface area contributed by atoms with Crippen LogP contribution in [0.4, 0.5) is 10.1 Å². The van der Waals surface area contributed by atoms with Gasteiger partial charge in [-0.3, -0.25) is 4.79 Å². The molecule has 0 radical (unpaired) electrons. The number of amides is 1. The minimum atomic E-state index is -0.579. The third kappa shape index (κ3) is 3.49. The van der Waals surface area contributed by atoms with Gasteiger partial charge in [-0.05, 0) is 37.3 Å². The van der Waals surface area contributed by atoms with Gasteiger partial charge >= 0.3 is 0 Å². The number of aromatic nitrogens is 1. The van der Waals surface area contributed by atoms with Gasteiger partial charge in [0.1, 0.15) is 22.8 Å². The van der Waals surface area contributed by atoms with Crippen molar-refractivity contribution in [2.75, 3.05) is 5.32 Å². The normalized spacial score (nSPS) is 10.8. The second-order valence-corrected chi connectivity index (χ2v) is 6.36. The number of rotatable bonds is 3. The fraction of sp³-hybridized carbons (Fsp3) is 0.0588. The van der Waals surface area contributed by atoms with Crippen LogP contribution in [0, 0.1) is 12.7 Å². The third-order valence-corrected chi connectivity index (χ3v) is 4.39. The standard InChI is InChI=1S/C17H10Cl3FN2O2/c1-8-14(17(24)22-9-5-6-13(21)12(20)7-9)16(23-25-8)15-10(18)3-2-4-11(15)19/h2-7H,1H3,(H,22,24). The highest BCUT2D eigenvalue weighted by Gasteiger charge is 2.25. The molecule has 0 aliphatic rings. The van der Waals surface area contributed by atoms with Crippen LogP contribution in [0.1, 0.15) is 16.1 Å². The van der Waals surface area contributed by atoms with E-state index in [2.05, 4.69) is 10.5 Å². The molecule has 3 aromatic rings. The van der Waals surface area contributed by atoms with Crippen LogP contribution in [-0.4, -0.2) is 11.1 Å². The van der Waals surface area contributed by atoms with Gasteiger partial charge in [0, 0.05) is 11.3 Å². The maximum atomic E-state index is 13.2. The zero-order valence-electron chi connectivity index (χ0n) is 12.7. The average molecular weight is 400 g/mol. The molecule has 1 aromatic heterocycles. The first-order valence-electron chi connectivity index (χ1n) is 7.05. The third-order valence-electron chi connectivity index (χ3n) is 3.47. The van der Waals surface area contributed by atoms with Crippen molar-refractivity contribution >= 4 is 46.4 Å². The van der Waals surface area contributed by atoms with Gasteiger partial charge in [0.25, 0.3) is 5.91 Å². The summed E-state index contributed by atoms with van der Waals surface area (Å²) in [5.74, 6) is -0.798. The van der Waals surface area contributed by atoms with Crippen molar-refractivity contribution < 1.29 is 13.7 Å². The van der Waals surface area contributed by atoms with Gasteiger partial charge in [0.2, 0.25) is 0 Å². The number of halogens is 4. The molecule has 0 unspecified atom stereocenters.